The molecule has 4 nitrogen and oxygen atoms in total. The Hall–Kier alpha value is -1.32. The zero-order valence-electron chi connectivity index (χ0n) is 14.4. The highest BCUT2D eigenvalue weighted by Gasteiger charge is 2.02. The molecule has 0 saturated heterocycles. The Bertz CT molecular complexity index is 321. The third kappa shape index (κ3) is 15.1. The summed E-state index contributed by atoms with van der Waals surface area (Å²) in [6.07, 6.45) is 11.9. The van der Waals surface area contributed by atoms with E-state index >= 15 is 0 Å². The predicted molar refractivity (Wildman–Crippen MR) is 88.5 cm³/mol. The first-order valence-corrected chi connectivity index (χ1v) is 8.57. The lowest BCUT2D eigenvalue weighted by Gasteiger charge is -2.04. The second-order valence-corrected chi connectivity index (χ2v) is 6.00. The molecule has 0 saturated carbocycles. The van der Waals surface area contributed by atoms with Crippen molar-refractivity contribution in [2.75, 3.05) is 13.2 Å². The van der Waals surface area contributed by atoms with Gasteiger partial charge in [0.05, 0.1) is 13.2 Å². The van der Waals surface area contributed by atoms with Gasteiger partial charge in [0.25, 0.3) is 0 Å². The molecule has 0 aromatic carbocycles. The van der Waals surface area contributed by atoms with E-state index in [4.69, 9.17) is 9.47 Å². The van der Waals surface area contributed by atoms with Crippen molar-refractivity contribution >= 4 is 11.9 Å². The molecule has 22 heavy (non-hydrogen) atoms. The molecule has 0 aliphatic rings. The summed E-state index contributed by atoms with van der Waals surface area (Å²) in [6, 6.07) is 0. The average molecular weight is 312 g/mol. The Balaban J connectivity index is 3.47. The van der Waals surface area contributed by atoms with Gasteiger partial charge in [0.15, 0.2) is 0 Å². The van der Waals surface area contributed by atoms with Gasteiger partial charge in [-0.25, -0.2) is 9.59 Å². The molecule has 0 amide bonds. The Kier molecular flexibility index (Phi) is 13.7. The fourth-order valence-electron chi connectivity index (χ4n) is 1.89. The van der Waals surface area contributed by atoms with Gasteiger partial charge in [0.2, 0.25) is 0 Å². The van der Waals surface area contributed by atoms with Gasteiger partial charge in [-0.2, -0.15) is 0 Å². The van der Waals surface area contributed by atoms with Crippen molar-refractivity contribution in [1.82, 2.24) is 0 Å². The predicted octanol–water partition coefficient (Wildman–Crippen LogP) is 4.43. The molecule has 0 radical (unpaired) electrons. The molecular weight excluding hydrogens is 280 g/mol. The van der Waals surface area contributed by atoms with E-state index in [2.05, 4.69) is 6.92 Å². The van der Waals surface area contributed by atoms with Crippen LogP contribution in [0.4, 0.5) is 0 Å². The molecule has 0 atom stereocenters. The van der Waals surface area contributed by atoms with Crippen LogP contribution in [0.2, 0.25) is 0 Å². The number of unbranched alkanes of at least 4 members (excludes halogenated alkanes) is 7. The lowest BCUT2D eigenvalue weighted by atomic mass is 10.1. The molecule has 0 N–H and O–H groups in total. The third-order valence-corrected chi connectivity index (χ3v) is 3.16. The van der Waals surface area contributed by atoms with Crippen LogP contribution < -0.4 is 0 Å². The highest BCUT2D eigenvalue weighted by Crippen LogP contribution is 2.08. The Morgan fingerprint density at radius 2 is 1.32 bits per heavy atom. The zero-order valence-corrected chi connectivity index (χ0v) is 14.4. The van der Waals surface area contributed by atoms with Gasteiger partial charge in [-0.15, -0.1) is 0 Å². The summed E-state index contributed by atoms with van der Waals surface area (Å²) in [7, 11) is 0. The molecule has 0 aromatic rings. The molecule has 4 heteroatoms. The minimum Gasteiger partial charge on any atom is -0.463 e. The number of esters is 2. The zero-order chi connectivity index (χ0) is 16.6. The largest absolute Gasteiger partial charge is 0.463 e. The van der Waals surface area contributed by atoms with Crippen LogP contribution in [0.15, 0.2) is 12.2 Å². The van der Waals surface area contributed by atoms with Crippen LogP contribution in [0.5, 0.6) is 0 Å². The number of rotatable bonds is 13. The van der Waals surface area contributed by atoms with Crippen molar-refractivity contribution in [3.05, 3.63) is 12.2 Å². The lowest BCUT2D eigenvalue weighted by molar-refractivity contribution is -0.141. The van der Waals surface area contributed by atoms with Crippen LogP contribution in [0, 0.1) is 5.92 Å². The van der Waals surface area contributed by atoms with Crippen molar-refractivity contribution in [3.63, 3.8) is 0 Å². The van der Waals surface area contributed by atoms with Gasteiger partial charge in [-0.3, -0.25) is 0 Å². The molecule has 0 aliphatic heterocycles. The highest BCUT2D eigenvalue weighted by molar-refractivity contribution is 5.91. The standard InChI is InChI=1S/C18H32O4/c1-4-5-6-7-8-9-10-11-14-21-17(19)12-13-18(20)22-15-16(2)3/h12-13,16H,4-11,14-15H2,1-3H3/b13-12+. The molecule has 0 aromatic heterocycles. The summed E-state index contributed by atoms with van der Waals surface area (Å²) in [4.78, 5) is 22.6. The Morgan fingerprint density at radius 3 is 1.86 bits per heavy atom. The smallest absolute Gasteiger partial charge is 0.331 e. The number of carbonyl (C=O) groups excluding carboxylic acids is 2. The first kappa shape index (κ1) is 20.7. The van der Waals surface area contributed by atoms with E-state index in [0.717, 1.165) is 25.0 Å². The summed E-state index contributed by atoms with van der Waals surface area (Å²) in [5, 5.41) is 0. The van der Waals surface area contributed by atoms with Crippen molar-refractivity contribution < 1.29 is 19.1 Å². The minimum absolute atomic E-state index is 0.284. The number of hydrogen-bond donors (Lipinski definition) is 0. The van der Waals surface area contributed by atoms with Crippen LogP contribution in [0.1, 0.15) is 72.1 Å². The SMILES string of the molecule is CCCCCCCCCCOC(=O)/C=C/C(=O)OCC(C)C. The van der Waals surface area contributed by atoms with Crippen LogP contribution in [0.25, 0.3) is 0 Å². The molecule has 0 rings (SSSR count). The van der Waals surface area contributed by atoms with E-state index in [9.17, 15) is 9.59 Å². The van der Waals surface area contributed by atoms with Gasteiger partial charge in [-0.05, 0) is 12.3 Å². The average Bonchev–Trinajstić information content (AvgIpc) is 2.49. The lowest BCUT2D eigenvalue weighted by Crippen LogP contribution is -2.08. The van der Waals surface area contributed by atoms with Crippen LogP contribution >= 0.6 is 0 Å². The van der Waals surface area contributed by atoms with Crippen molar-refractivity contribution in [3.8, 4) is 0 Å². The maximum absolute atomic E-state index is 11.4. The summed E-state index contributed by atoms with van der Waals surface area (Å²) in [5.74, 6) is -0.701. The van der Waals surface area contributed by atoms with Gasteiger partial charge < -0.3 is 9.47 Å². The van der Waals surface area contributed by atoms with E-state index in [0.29, 0.717) is 13.2 Å². The second kappa shape index (κ2) is 14.6. The number of hydrogen-bond acceptors (Lipinski definition) is 4. The Labute approximate surface area is 135 Å². The monoisotopic (exact) mass is 312 g/mol. The highest BCUT2D eigenvalue weighted by atomic mass is 16.5. The van der Waals surface area contributed by atoms with Crippen LogP contribution in [0.3, 0.4) is 0 Å². The molecule has 128 valence electrons. The van der Waals surface area contributed by atoms with E-state index in [1.165, 1.54) is 38.5 Å². The molecule has 0 spiro atoms. The van der Waals surface area contributed by atoms with Gasteiger partial charge in [-0.1, -0.05) is 65.7 Å². The molecule has 0 bridgehead atoms. The first-order chi connectivity index (χ1) is 10.6. The number of ether oxygens (including phenoxy) is 2. The fourth-order valence-corrected chi connectivity index (χ4v) is 1.89. The quantitative estimate of drug-likeness (QED) is 0.287. The molecule has 0 aliphatic carbocycles. The second-order valence-electron chi connectivity index (χ2n) is 6.00. The van der Waals surface area contributed by atoms with Crippen molar-refractivity contribution in [2.24, 2.45) is 5.92 Å². The fraction of sp³-hybridized carbons (Fsp3) is 0.778. The maximum Gasteiger partial charge on any atom is 0.331 e. The normalized spacial score (nSPS) is 11.1. The molecular formula is C18H32O4. The summed E-state index contributed by atoms with van der Waals surface area (Å²) < 4.78 is 9.95. The number of carbonyl (C=O) groups is 2. The van der Waals surface area contributed by atoms with E-state index < -0.39 is 11.9 Å². The summed E-state index contributed by atoms with van der Waals surface area (Å²) >= 11 is 0. The molecule has 0 heterocycles. The summed E-state index contributed by atoms with van der Waals surface area (Å²) in [6.45, 7) is 6.90. The van der Waals surface area contributed by atoms with E-state index in [1.807, 2.05) is 13.8 Å². The van der Waals surface area contributed by atoms with Crippen LogP contribution in [-0.4, -0.2) is 25.2 Å². The van der Waals surface area contributed by atoms with Crippen LogP contribution in [-0.2, 0) is 19.1 Å². The van der Waals surface area contributed by atoms with Crippen molar-refractivity contribution in [2.45, 2.75) is 72.1 Å². The van der Waals surface area contributed by atoms with Gasteiger partial charge in [0, 0.05) is 12.2 Å². The molecule has 0 fully saturated rings. The van der Waals surface area contributed by atoms with E-state index in [-0.39, 0.29) is 5.92 Å². The minimum atomic E-state index is -0.502. The van der Waals surface area contributed by atoms with Crippen molar-refractivity contribution in [1.29, 1.82) is 0 Å². The summed E-state index contributed by atoms with van der Waals surface area (Å²) in [5.41, 5.74) is 0. The van der Waals surface area contributed by atoms with Gasteiger partial charge in [0.1, 0.15) is 0 Å². The maximum atomic E-state index is 11.4. The van der Waals surface area contributed by atoms with E-state index in [1.54, 1.807) is 0 Å². The third-order valence-electron chi connectivity index (χ3n) is 3.16. The first-order valence-electron chi connectivity index (χ1n) is 8.57. The Morgan fingerprint density at radius 1 is 0.818 bits per heavy atom. The van der Waals surface area contributed by atoms with Gasteiger partial charge >= 0.3 is 11.9 Å². The topological polar surface area (TPSA) is 52.6 Å². The molecule has 0 unspecified atom stereocenters.